The highest BCUT2D eigenvalue weighted by atomic mass is 16.5. The molecule has 7 heteroatoms. The van der Waals surface area contributed by atoms with Crippen molar-refractivity contribution in [2.75, 3.05) is 24.6 Å². The Morgan fingerprint density at radius 3 is 2.74 bits per heavy atom. The molecule has 0 N–H and O–H groups in total. The average Bonchev–Trinajstić information content (AvgIpc) is 3.44. The van der Waals surface area contributed by atoms with E-state index in [0.717, 1.165) is 68.5 Å². The highest BCUT2D eigenvalue weighted by Crippen LogP contribution is 2.35. The van der Waals surface area contributed by atoms with Crippen LogP contribution >= 0.6 is 0 Å². The van der Waals surface area contributed by atoms with Crippen molar-refractivity contribution in [3.8, 4) is 0 Å². The molecule has 0 spiro atoms. The zero-order chi connectivity index (χ0) is 18.2. The molecular weight excluding hydrogens is 342 g/mol. The van der Waals surface area contributed by atoms with E-state index < -0.39 is 0 Å². The Hall–Kier alpha value is -1.99. The molecule has 0 unspecified atom stereocenters. The number of hydrogen-bond donors (Lipinski definition) is 0. The van der Waals surface area contributed by atoms with Crippen LogP contribution in [-0.4, -0.2) is 51.8 Å². The maximum absolute atomic E-state index is 5.59. The van der Waals surface area contributed by atoms with E-state index in [1.807, 2.05) is 6.92 Å². The fraction of sp³-hybridized carbons (Fsp3) is 0.650. The minimum atomic E-state index is 0.567. The molecule has 27 heavy (non-hydrogen) atoms. The second-order valence-electron chi connectivity index (χ2n) is 8.00. The van der Waals surface area contributed by atoms with Crippen LogP contribution < -0.4 is 4.90 Å². The van der Waals surface area contributed by atoms with E-state index in [1.165, 1.54) is 18.4 Å². The molecule has 144 valence electrons. The van der Waals surface area contributed by atoms with Gasteiger partial charge >= 0.3 is 0 Å². The van der Waals surface area contributed by atoms with Gasteiger partial charge in [-0.2, -0.15) is 0 Å². The Labute approximate surface area is 159 Å². The topological polar surface area (TPSA) is 67.5 Å². The van der Waals surface area contributed by atoms with Gasteiger partial charge in [0.1, 0.15) is 23.6 Å². The van der Waals surface area contributed by atoms with Crippen LogP contribution in [0.3, 0.4) is 0 Å². The first-order chi connectivity index (χ1) is 13.3. The summed E-state index contributed by atoms with van der Waals surface area (Å²) < 4.78 is 11.1. The monoisotopic (exact) mass is 369 g/mol. The summed E-state index contributed by atoms with van der Waals surface area (Å²) in [4.78, 5) is 13.9. The molecule has 3 aliphatic rings. The first-order valence-corrected chi connectivity index (χ1v) is 10.1. The second kappa shape index (κ2) is 7.20. The number of likely N-dealkylation sites (tertiary alicyclic amines) is 1. The molecule has 1 saturated heterocycles. The molecule has 0 aromatic carbocycles. The minimum absolute atomic E-state index is 0.567. The maximum atomic E-state index is 5.59. The van der Waals surface area contributed by atoms with E-state index in [9.17, 15) is 0 Å². The third kappa shape index (κ3) is 3.58. The van der Waals surface area contributed by atoms with E-state index in [0.29, 0.717) is 18.7 Å². The Morgan fingerprint density at radius 2 is 1.96 bits per heavy atom. The number of rotatable bonds is 5. The number of aryl methyl sites for hydroxylation is 1. The van der Waals surface area contributed by atoms with Crippen LogP contribution in [0.5, 0.6) is 0 Å². The Balaban J connectivity index is 1.24. The van der Waals surface area contributed by atoms with Gasteiger partial charge < -0.3 is 14.2 Å². The van der Waals surface area contributed by atoms with Crippen molar-refractivity contribution in [2.24, 2.45) is 0 Å². The third-order valence-corrected chi connectivity index (χ3v) is 5.99. The zero-order valence-electron chi connectivity index (χ0n) is 15.9. The van der Waals surface area contributed by atoms with Crippen molar-refractivity contribution in [3.05, 3.63) is 35.1 Å². The molecule has 0 amide bonds. The van der Waals surface area contributed by atoms with Crippen LogP contribution in [0.25, 0.3) is 0 Å². The Kier molecular flexibility index (Phi) is 4.57. The fourth-order valence-corrected chi connectivity index (χ4v) is 4.38. The number of ether oxygens (including phenoxy) is 1. The average molecular weight is 369 g/mol. The van der Waals surface area contributed by atoms with Crippen molar-refractivity contribution in [1.82, 2.24) is 20.0 Å². The van der Waals surface area contributed by atoms with Gasteiger partial charge in [-0.3, -0.25) is 4.90 Å². The molecule has 0 atom stereocenters. The summed E-state index contributed by atoms with van der Waals surface area (Å²) in [5.74, 6) is 2.12. The largest absolute Gasteiger partial charge is 0.376 e. The van der Waals surface area contributed by atoms with Crippen molar-refractivity contribution in [1.29, 1.82) is 0 Å². The van der Waals surface area contributed by atoms with Gasteiger partial charge in [0.15, 0.2) is 0 Å². The lowest BCUT2D eigenvalue weighted by molar-refractivity contribution is 0.102. The molecular formula is C20H27N5O2. The summed E-state index contributed by atoms with van der Waals surface area (Å²) >= 11 is 0. The molecule has 2 aliphatic heterocycles. The summed E-state index contributed by atoms with van der Waals surface area (Å²) in [5, 5.41) is 4.32. The molecule has 1 aliphatic carbocycles. The number of hydrogen-bond acceptors (Lipinski definition) is 7. The maximum Gasteiger partial charge on any atom is 0.144 e. The van der Waals surface area contributed by atoms with Gasteiger partial charge in [0.2, 0.25) is 0 Å². The fourth-order valence-electron chi connectivity index (χ4n) is 4.38. The first kappa shape index (κ1) is 17.1. The summed E-state index contributed by atoms with van der Waals surface area (Å²) in [6, 6.07) is 3.36. The number of piperidine rings is 1. The van der Waals surface area contributed by atoms with Crippen molar-refractivity contribution in [3.63, 3.8) is 0 Å². The van der Waals surface area contributed by atoms with Crippen LogP contribution in [0, 0.1) is 6.92 Å². The van der Waals surface area contributed by atoms with E-state index in [-0.39, 0.29) is 0 Å². The molecule has 2 aromatic rings. The molecule has 2 fully saturated rings. The van der Waals surface area contributed by atoms with E-state index in [2.05, 4.69) is 31.0 Å². The Morgan fingerprint density at radius 1 is 1.15 bits per heavy atom. The summed E-state index contributed by atoms with van der Waals surface area (Å²) in [5.41, 5.74) is 3.29. The van der Waals surface area contributed by atoms with Gasteiger partial charge in [0.05, 0.1) is 13.2 Å². The van der Waals surface area contributed by atoms with E-state index in [1.54, 1.807) is 6.33 Å². The van der Waals surface area contributed by atoms with Crippen LogP contribution in [-0.2, 0) is 24.3 Å². The smallest absolute Gasteiger partial charge is 0.144 e. The van der Waals surface area contributed by atoms with Crippen molar-refractivity contribution >= 4 is 5.82 Å². The third-order valence-electron chi connectivity index (χ3n) is 5.99. The van der Waals surface area contributed by atoms with Gasteiger partial charge in [-0.15, -0.1) is 0 Å². The lowest BCUT2D eigenvalue weighted by Crippen LogP contribution is -2.46. The number of aromatic nitrogens is 3. The first-order valence-electron chi connectivity index (χ1n) is 10.1. The molecule has 0 radical (unpaired) electrons. The highest BCUT2D eigenvalue weighted by molar-refractivity contribution is 5.43. The molecule has 0 bridgehead atoms. The van der Waals surface area contributed by atoms with Crippen molar-refractivity contribution in [2.45, 2.75) is 64.3 Å². The van der Waals surface area contributed by atoms with Gasteiger partial charge in [0, 0.05) is 55.5 Å². The van der Waals surface area contributed by atoms with Gasteiger partial charge in [-0.05, 0) is 32.6 Å². The van der Waals surface area contributed by atoms with Crippen LogP contribution in [0.15, 0.2) is 16.9 Å². The zero-order valence-corrected chi connectivity index (χ0v) is 15.9. The van der Waals surface area contributed by atoms with Crippen LogP contribution in [0.2, 0.25) is 0 Å². The molecule has 1 saturated carbocycles. The normalized spacial score (nSPS) is 21.2. The van der Waals surface area contributed by atoms with Crippen LogP contribution in [0.4, 0.5) is 5.82 Å². The summed E-state index contributed by atoms with van der Waals surface area (Å²) in [6.07, 6.45) is 7.44. The molecule has 2 aromatic heterocycles. The lowest BCUT2D eigenvalue weighted by atomic mass is 10.0. The molecule has 4 heterocycles. The highest BCUT2D eigenvalue weighted by Gasteiger charge is 2.36. The van der Waals surface area contributed by atoms with Gasteiger partial charge in [0.25, 0.3) is 0 Å². The summed E-state index contributed by atoms with van der Waals surface area (Å²) in [7, 11) is 0. The molecule has 7 nitrogen and oxygen atoms in total. The van der Waals surface area contributed by atoms with Crippen LogP contribution in [0.1, 0.15) is 48.4 Å². The van der Waals surface area contributed by atoms with Crippen molar-refractivity contribution < 1.29 is 9.26 Å². The number of nitrogens with zero attached hydrogens (tertiary/aromatic N) is 5. The SMILES string of the molecule is Cc1cc(N(C2CC2)C2CCN(Cc3noc4c3COCC4)CC2)ncn1. The predicted octanol–water partition coefficient (Wildman–Crippen LogP) is 2.48. The number of fused-ring (bicyclic) bond motifs is 1. The Bertz CT molecular complexity index is 795. The summed E-state index contributed by atoms with van der Waals surface area (Å²) in [6.45, 7) is 6.46. The van der Waals surface area contributed by atoms with E-state index >= 15 is 0 Å². The van der Waals surface area contributed by atoms with Gasteiger partial charge in [-0.25, -0.2) is 9.97 Å². The predicted molar refractivity (Wildman–Crippen MR) is 100 cm³/mol. The van der Waals surface area contributed by atoms with Gasteiger partial charge in [-0.1, -0.05) is 5.16 Å². The second-order valence-corrected chi connectivity index (χ2v) is 8.00. The van der Waals surface area contributed by atoms with E-state index in [4.69, 9.17) is 9.26 Å². The lowest BCUT2D eigenvalue weighted by Gasteiger charge is -2.39. The minimum Gasteiger partial charge on any atom is -0.376 e. The molecule has 5 rings (SSSR count). The quantitative estimate of drug-likeness (QED) is 0.802. The number of anilines is 1. The standard InChI is InChI=1S/C20H27N5O2/c1-14-10-20(22-13-21-14)25(15-2-3-15)16-4-7-24(8-5-16)11-18-17-12-26-9-6-19(17)27-23-18/h10,13,15-16H,2-9,11-12H2,1H3.